The third-order valence-electron chi connectivity index (χ3n) is 6.27. The van der Waals surface area contributed by atoms with E-state index < -0.39 is 85.0 Å². The smallest absolute Gasteiger partial charge is 0.367 e. The van der Waals surface area contributed by atoms with Gasteiger partial charge in [-0.05, 0) is 29.7 Å². The zero-order valence-corrected chi connectivity index (χ0v) is 18.1. The Hall–Kier alpha value is -1.29. The van der Waals surface area contributed by atoms with E-state index in [9.17, 15) is 30.0 Å². The Labute approximate surface area is 187 Å². The summed E-state index contributed by atoms with van der Waals surface area (Å²) in [5.74, 6) is -2.27. The average molecular weight is 478 g/mol. The summed E-state index contributed by atoms with van der Waals surface area (Å²) in [5.41, 5.74) is 0.601. The van der Waals surface area contributed by atoms with Crippen molar-refractivity contribution < 1.29 is 58.4 Å². The first-order valence-corrected chi connectivity index (χ1v) is 11.3. The first kappa shape index (κ1) is 23.9. The molecule has 32 heavy (non-hydrogen) atoms. The molecule has 3 heterocycles. The van der Waals surface area contributed by atoms with Crippen molar-refractivity contribution in [1.29, 1.82) is 0 Å². The van der Waals surface area contributed by atoms with Crippen molar-refractivity contribution in [2.75, 3.05) is 26.6 Å². The van der Waals surface area contributed by atoms with Gasteiger partial charge in [0.2, 0.25) is 0 Å². The molecule has 11 unspecified atom stereocenters. The molecule has 0 aromatic heterocycles. The van der Waals surface area contributed by atoms with Gasteiger partial charge in [-0.3, -0.25) is 4.79 Å². The van der Waals surface area contributed by atoms with E-state index in [0.717, 1.165) is 11.8 Å². The number of esters is 1. The van der Waals surface area contributed by atoms with Gasteiger partial charge in [-0.2, -0.15) is 0 Å². The van der Waals surface area contributed by atoms with Crippen LogP contribution in [0, 0.1) is 17.8 Å². The maximum atomic E-state index is 12.4. The van der Waals surface area contributed by atoms with Gasteiger partial charge in [-0.15, -0.1) is 0 Å². The van der Waals surface area contributed by atoms with Crippen LogP contribution < -0.4 is 0 Å². The summed E-state index contributed by atoms with van der Waals surface area (Å²) in [6.07, 6.45) is -6.93. The Bertz CT molecular complexity index is 759. The molecule has 4 rings (SSSR count). The van der Waals surface area contributed by atoms with Gasteiger partial charge in [0.15, 0.2) is 18.9 Å². The van der Waals surface area contributed by atoms with E-state index in [4.69, 9.17) is 28.4 Å². The van der Waals surface area contributed by atoms with Crippen LogP contribution in [0.2, 0.25) is 0 Å². The molecule has 0 saturated carbocycles. The fourth-order valence-corrected chi connectivity index (χ4v) is 4.90. The summed E-state index contributed by atoms with van der Waals surface area (Å²) in [5, 5.41) is 39.3. The van der Waals surface area contributed by atoms with E-state index in [1.165, 1.54) is 7.11 Å². The summed E-state index contributed by atoms with van der Waals surface area (Å²) in [7, 11) is 1.36. The molecule has 11 atom stereocenters. The number of aliphatic hydroxyl groups is 4. The number of hydrogen-bond acceptors (Lipinski definition) is 13. The minimum Gasteiger partial charge on any atom is -0.457 e. The van der Waals surface area contributed by atoms with Crippen molar-refractivity contribution in [3.8, 4) is 0 Å². The van der Waals surface area contributed by atoms with Crippen LogP contribution in [0.15, 0.2) is 11.6 Å². The molecule has 4 aliphatic rings. The predicted molar refractivity (Wildman–Crippen MR) is 104 cm³/mol. The fraction of sp³-hybridized carbons (Fsp3) is 0.789. The predicted octanol–water partition coefficient (Wildman–Crippen LogP) is -1.65. The van der Waals surface area contributed by atoms with Crippen LogP contribution in [0.5, 0.6) is 0 Å². The summed E-state index contributed by atoms with van der Waals surface area (Å²) >= 11 is 0.906. The van der Waals surface area contributed by atoms with Gasteiger partial charge in [-0.25, -0.2) is 4.79 Å². The molecule has 13 heteroatoms. The Kier molecular flexibility index (Phi) is 7.10. The molecule has 0 aromatic rings. The monoisotopic (exact) mass is 478 g/mol. The van der Waals surface area contributed by atoms with Crippen LogP contribution in [0.1, 0.15) is 0 Å². The number of methoxy groups -OCH3 is 1. The molecule has 0 amide bonds. The van der Waals surface area contributed by atoms with Gasteiger partial charge >= 0.3 is 11.3 Å². The highest BCUT2D eigenvalue weighted by Crippen LogP contribution is 2.52. The fourth-order valence-electron chi connectivity index (χ4n) is 4.72. The zero-order valence-electron chi connectivity index (χ0n) is 17.3. The number of hydrogen-bond donors (Lipinski definition) is 4. The van der Waals surface area contributed by atoms with Gasteiger partial charge in [0, 0.05) is 18.9 Å². The molecular formula is C19H26O12S. The molecule has 1 aliphatic carbocycles. The topological polar surface area (TPSA) is 170 Å². The van der Waals surface area contributed by atoms with Crippen molar-refractivity contribution in [3.05, 3.63) is 11.6 Å². The van der Waals surface area contributed by atoms with Crippen molar-refractivity contribution in [2.45, 2.75) is 49.4 Å². The summed E-state index contributed by atoms with van der Waals surface area (Å²) < 4.78 is 33.2. The molecule has 3 aliphatic heterocycles. The molecule has 4 N–H and O–H groups in total. The van der Waals surface area contributed by atoms with Gasteiger partial charge < -0.3 is 48.8 Å². The first-order chi connectivity index (χ1) is 15.3. The van der Waals surface area contributed by atoms with Gasteiger partial charge in [0.05, 0.1) is 6.61 Å². The molecule has 0 radical (unpaired) electrons. The maximum absolute atomic E-state index is 12.4. The molecule has 180 valence electrons. The van der Waals surface area contributed by atoms with E-state index in [0.29, 0.717) is 5.57 Å². The minimum atomic E-state index is -1.64. The second-order valence-corrected chi connectivity index (χ2v) is 8.70. The van der Waals surface area contributed by atoms with Crippen molar-refractivity contribution in [2.24, 2.45) is 17.8 Å². The lowest BCUT2D eigenvalue weighted by Gasteiger charge is -2.45. The number of carbonyl (C=O) groups excluding carboxylic acids is 2. The van der Waals surface area contributed by atoms with Crippen LogP contribution in [0.25, 0.3) is 0 Å². The normalized spacial score (nSPS) is 45.2. The standard InChI is InChI=1S/C19H26O12S/c1-26-16-11-10-7(28-15(11)24)3-6(5-27-19(25)32-2)9(10)17(30-16)31-18-14(23)13(22)12(21)8(4-20)29-18/h3,7-14,16-18,20-23H,4-5H2,1-2H3. The van der Waals surface area contributed by atoms with Crippen molar-refractivity contribution >= 4 is 23.0 Å². The summed E-state index contributed by atoms with van der Waals surface area (Å²) in [6.45, 7) is -0.706. The second-order valence-electron chi connectivity index (χ2n) is 7.96. The van der Waals surface area contributed by atoms with Crippen LogP contribution in [0.3, 0.4) is 0 Å². The second kappa shape index (κ2) is 9.52. The number of ether oxygens (including phenoxy) is 6. The SMILES string of the molecule is COC1OC(OC2OC(CO)C(O)C(O)C2O)C2C(COC(=O)SC)=CC3OC(=O)C1C32. The van der Waals surface area contributed by atoms with Crippen LogP contribution >= 0.6 is 11.8 Å². The highest BCUT2D eigenvalue weighted by Gasteiger charge is 2.62. The van der Waals surface area contributed by atoms with Gasteiger partial charge in [0.1, 0.15) is 43.0 Å². The lowest BCUT2D eigenvalue weighted by atomic mass is 9.78. The van der Waals surface area contributed by atoms with Crippen molar-refractivity contribution in [1.82, 2.24) is 0 Å². The van der Waals surface area contributed by atoms with Crippen LogP contribution in [-0.2, 0) is 33.2 Å². The van der Waals surface area contributed by atoms with Crippen LogP contribution in [0.4, 0.5) is 4.79 Å². The highest BCUT2D eigenvalue weighted by atomic mass is 32.2. The summed E-state index contributed by atoms with van der Waals surface area (Å²) in [4.78, 5) is 24.0. The molecule has 12 nitrogen and oxygen atoms in total. The number of rotatable bonds is 6. The van der Waals surface area contributed by atoms with E-state index in [1.807, 2.05) is 0 Å². The molecule has 3 saturated heterocycles. The molecule has 3 fully saturated rings. The van der Waals surface area contributed by atoms with E-state index in [1.54, 1.807) is 12.3 Å². The lowest BCUT2D eigenvalue weighted by molar-refractivity contribution is -0.375. The third kappa shape index (κ3) is 4.06. The van der Waals surface area contributed by atoms with Gasteiger partial charge in [0.25, 0.3) is 0 Å². The van der Waals surface area contributed by atoms with Crippen LogP contribution in [-0.4, -0.2) is 108 Å². The van der Waals surface area contributed by atoms with E-state index in [2.05, 4.69) is 0 Å². The number of aliphatic hydroxyl groups excluding tert-OH is 4. The van der Waals surface area contributed by atoms with E-state index >= 15 is 0 Å². The largest absolute Gasteiger partial charge is 0.457 e. The maximum Gasteiger partial charge on any atom is 0.367 e. The molecule has 0 spiro atoms. The Morgan fingerprint density at radius 2 is 1.84 bits per heavy atom. The molecule has 0 aromatic carbocycles. The first-order valence-electron chi connectivity index (χ1n) is 10.1. The Morgan fingerprint density at radius 3 is 2.50 bits per heavy atom. The number of thioether (sulfide) groups is 1. The summed E-state index contributed by atoms with van der Waals surface area (Å²) in [6, 6.07) is 0. The zero-order chi connectivity index (χ0) is 23.2. The molecule has 0 bridgehead atoms. The Morgan fingerprint density at radius 1 is 1.09 bits per heavy atom. The average Bonchev–Trinajstić information content (AvgIpc) is 3.31. The minimum absolute atomic E-state index is 0.0862. The number of carbonyl (C=O) groups is 2. The van der Waals surface area contributed by atoms with Crippen molar-refractivity contribution in [3.63, 3.8) is 0 Å². The molecular weight excluding hydrogens is 452 g/mol. The third-order valence-corrected chi connectivity index (χ3v) is 6.72. The quantitative estimate of drug-likeness (QED) is 0.253. The Balaban J connectivity index is 1.58. The highest BCUT2D eigenvalue weighted by molar-refractivity contribution is 8.12. The lowest BCUT2D eigenvalue weighted by Crippen LogP contribution is -2.61. The van der Waals surface area contributed by atoms with E-state index in [-0.39, 0.29) is 6.61 Å². The van der Waals surface area contributed by atoms with Gasteiger partial charge in [-0.1, -0.05) is 0 Å².